The molecule has 1 fully saturated rings. The number of rotatable bonds is 5. The van der Waals surface area contributed by atoms with E-state index in [1.807, 2.05) is 60.6 Å². The molecule has 0 spiro atoms. The lowest BCUT2D eigenvalue weighted by Crippen LogP contribution is -2.41. The van der Waals surface area contributed by atoms with Gasteiger partial charge in [0.15, 0.2) is 0 Å². The summed E-state index contributed by atoms with van der Waals surface area (Å²) < 4.78 is 17.6. The van der Waals surface area contributed by atoms with Gasteiger partial charge >= 0.3 is 13.2 Å². The summed E-state index contributed by atoms with van der Waals surface area (Å²) in [6.45, 7) is 13.4. The van der Waals surface area contributed by atoms with E-state index in [1.54, 1.807) is 12.3 Å². The highest BCUT2D eigenvalue weighted by Crippen LogP contribution is 2.38. The van der Waals surface area contributed by atoms with Crippen molar-refractivity contribution in [2.75, 3.05) is 6.54 Å². The van der Waals surface area contributed by atoms with Gasteiger partial charge in [-0.3, -0.25) is 4.98 Å². The Morgan fingerprint density at radius 3 is 2.32 bits per heavy atom. The third-order valence-corrected chi connectivity index (χ3v) is 4.75. The maximum atomic E-state index is 12.1. The fourth-order valence-corrected chi connectivity index (χ4v) is 2.51. The quantitative estimate of drug-likeness (QED) is 0.751. The molecule has 0 aliphatic carbocycles. The summed E-state index contributed by atoms with van der Waals surface area (Å²) in [6.07, 6.45) is 3.02. The molecule has 1 aliphatic heterocycles. The van der Waals surface area contributed by atoms with Crippen LogP contribution in [0.5, 0.6) is 0 Å². The molecule has 28 heavy (non-hydrogen) atoms. The first kappa shape index (κ1) is 22.4. The monoisotopic (exact) mass is 390 g/mol. The standard InChI is InChI=1S/C20H31BN2O5/c1-18(2,3)26-17(25)23-12-15(10-14-8-9-16(13-24)22-11-14)21-27-19(4,5)20(6,7)28-21/h8-11,24H,12-13H2,1-7H3,(H,23,25). The molecular weight excluding hydrogens is 359 g/mol. The first-order valence-corrected chi connectivity index (χ1v) is 9.42. The molecule has 0 atom stereocenters. The van der Waals surface area contributed by atoms with Crippen molar-refractivity contribution in [2.24, 2.45) is 0 Å². The van der Waals surface area contributed by atoms with E-state index in [9.17, 15) is 4.79 Å². The molecule has 0 radical (unpaired) electrons. The Morgan fingerprint density at radius 2 is 1.86 bits per heavy atom. The van der Waals surface area contributed by atoms with E-state index >= 15 is 0 Å². The number of hydrogen-bond donors (Lipinski definition) is 2. The van der Waals surface area contributed by atoms with Gasteiger partial charge in [0, 0.05) is 12.7 Å². The summed E-state index contributed by atoms with van der Waals surface area (Å²) in [5.74, 6) is 0. The first-order valence-electron chi connectivity index (χ1n) is 9.42. The molecule has 1 aliphatic rings. The second-order valence-electron chi connectivity index (χ2n) is 8.90. The highest BCUT2D eigenvalue weighted by Gasteiger charge is 2.52. The smallest absolute Gasteiger partial charge is 0.444 e. The normalized spacial score (nSPS) is 18.9. The molecule has 2 N–H and O–H groups in total. The molecule has 7 nitrogen and oxygen atoms in total. The van der Waals surface area contributed by atoms with Gasteiger partial charge in [0.05, 0.1) is 23.5 Å². The Labute approximate surface area is 167 Å². The number of aliphatic hydroxyl groups excluding tert-OH is 1. The summed E-state index contributed by atoms with van der Waals surface area (Å²) in [5, 5.41) is 11.9. The molecule has 1 saturated heterocycles. The van der Waals surface area contributed by atoms with Crippen molar-refractivity contribution in [1.29, 1.82) is 0 Å². The van der Waals surface area contributed by atoms with Gasteiger partial charge < -0.3 is 24.5 Å². The predicted octanol–water partition coefficient (Wildman–Crippen LogP) is 3.11. The summed E-state index contributed by atoms with van der Waals surface area (Å²) in [4.78, 5) is 16.3. The van der Waals surface area contributed by atoms with Crippen molar-refractivity contribution in [3.8, 4) is 0 Å². The first-order chi connectivity index (χ1) is 12.8. The van der Waals surface area contributed by atoms with E-state index in [0.717, 1.165) is 11.0 Å². The minimum Gasteiger partial charge on any atom is -0.444 e. The van der Waals surface area contributed by atoms with Crippen molar-refractivity contribution in [3.63, 3.8) is 0 Å². The van der Waals surface area contributed by atoms with Gasteiger partial charge in [-0.2, -0.15) is 0 Å². The maximum absolute atomic E-state index is 12.1. The number of amides is 1. The summed E-state index contributed by atoms with van der Waals surface area (Å²) in [5.41, 5.74) is 0.559. The third-order valence-electron chi connectivity index (χ3n) is 4.75. The minimum absolute atomic E-state index is 0.117. The lowest BCUT2D eigenvalue weighted by molar-refractivity contribution is 0.00578. The summed E-state index contributed by atoms with van der Waals surface area (Å²) >= 11 is 0. The third kappa shape index (κ3) is 5.80. The van der Waals surface area contributed by atoms with Crippen molar-refractivity contribution < 1.29 is 23.9 Å². The van der Waals surface area contributed by atoms with Crippen molar-refractivity contribution >= 4 is 19.3 Å². The van der Waals surface area contributed by atoms with Crippen LogP contribution in [0.15, 0.2) is 23.8 Å². The highest BCUT2D eigenvalue weighted by molar-refractivity contribution is 6.56. The van der Waals surface area contributed by atoms with Gasteiger partial charge in [-0.1, -0.05) is 12.1 Å². The van der Waals surface area contributed by atoms with Gasteiger partial charge in [0.2, 0.25) is 0 Å². The number of nitrogens with one attached hydrogen (secondary N) is 1. The number of nitrogens with zero attached hydrogens (tertiary/aromatic N) is 1. The molecular formula is C20H31BN2O5. The van der Waals surface area contributed by atoms with E-state index < -0.39 is 30.0 Å². The Morgan fingerprint density at radius 1 is 1.25 bits per heavy atom. The SMILES string of the molecule is CC(C)(C)OC(=O)NCC(=Cc1ccc(CO)nc1)B1OC(C)(C)C(C)(C)O1. The van der Waals surface area contributed by atoms with E-state index in [-0.39, 0.29) is 13.2 Å². The van der Waals surface area contributed by atoms with Gasteiger partial charge in [-0.05, 0) is 65.6 Å². The number of ether oxygens (including phenoxy) is 1. The van der Waals surface area contributed by atoms with Crippen molar-refractivity contribution in [1.82, 2.24) is 10.3 Å². The molecule has 2 heterocycles. The fraction of sp³-hybridized carbons (Fsp3) is 0.600. The topological polar surface area (TPSA) is 89.9 Å². The molecule has 154 valence electrons. The Kier molecular flexibility index (Phi) is 6.58. The lowest BCUT2D eigenvalue weighted by atomic mass is 9.77. The molecule has 1 aromatic heterocycles. The maximum Gasteiger partial charge on any atom is 0.492 e. The van der Waals surface area contributed by atoms with Gasteiger partial charge in [0.1, 0.15) is 5.60 Å². The summed E-state index contributed by atoms with van der Waals surface area (Å²) in [7, 11) is -0.613. The van der Waals surface area contributed by atoms with Crippen LogP contribution >= 0.6 is 0 Å². The zero-order chi connectivity index (χ0) is 21.2. The Balaban J connectivity index is 2.23. The van der Waals surface area contributed by atoms with Gasteiger partial charge in [-0.15, -0.1) is 0 Å². The molecule has 0 saturated carbocycles. The summed E-state index contributed by atoms with van der Waals surface area (Å²) in [6, 6.07) is 3.59. The number of alkyl carbamates (subject to hydrolysis) is 1. The second kappa shape index (κ2) is 8.23. The van der Waals surface area contributed by atoms with Crippen LogP contribution in [0.3, 0.4) is 0 Å². The Hall–Kier alpha value is -1.90. The van der Waals surface area contributed by atoms with Crippen molar-refractivity contribution in [2.45, 2.75) is 71.9 Å². The van der Waals surface area contributed by atoms with Crippen LogP contribution in [0.25, 0.3) is 6.08 Å². The van der Waals surface area contributed by atoms with Crippen LogP contribution < -0.4 is 5.32 Å². The predicted molar refractivity (Wildman–Crippen MR) is 108 cm³/mol. The molecule has 0 bridgehead atoms. The molecule has 0 unspecified atom stereocenters. The van der Waals surface area contributed by atoms with Gasteiger partial charge in [0.25, 0.3) is 0 Å². The number of pyridine rings is 1. The number of carbonyl (C=O) groups excluding carboxylic acids is 1. The zero-order valence-electron chi connectivity index (χ0n) is 17.8. The van der Waals surface area contributed by atoms with E-state index in [4.69, 9.17) is 19.2 Å². The van der Waals surface area contributed by atoms with Crippen LogP contribution in [-0.4, -0.2) is 46.7 Å². The average Bonchev–Trinajstić information content (AvgIpc) is 2.78. The van der Waals surface area contributed by atoms with E-state index in [2.05, 4.69) is 10.3 Å². The highest BCUT2D eigenvalue weighted by atomic mass is 16.7. The zero-order valence-corrected chi connectivity index (χ0v) is 17.8. The largest absolute Gasteiger partial charge is 0.492 e. The molecule has 8 heteroatoms. The number of aliphatic hydroxyl groups is 1. The fourth-order valence-electron chi connectivity index (χ4n) is 2.51. The average molecular weight is 390 g/mol. The lowest BCUT2D eigenvalue weighted by Gasteiger charge is -2.32. The number of carbonyl (C=O) groups is 1. The number of aromatic nitrogens is 1. The van der Waals surface area contributed by atoms with Crippen LogP contribution in [0.1, 0.15) is 59.7 Å². The van der Waals surface area contributed by atoms with Crippen LogP contribution in [0.4, 0.5) is 4.79 Å². The Bertz CT molecular complexity index is 707. The molecule has 2 rings (SSSR count). The van der Waals surface area contributed by atoms with Crippen LogP contribution in [0.2, 0.25) is 0 Å². The van der Waals surface area contributed by atoms with Crippen molar-refractivity contribution in [3.05, 3.63) is 35.1 Å². The molecule has 1 amide bonds. The van der Waals surface area contributed by atoms with E-state index in [1.165, 1.54) is 0 Å². The van der Waals surface area contributed by atoms with Crippen LogP contribution in [0, 0.1) is 0 Å². The molecule has 0 aromatic carbocycles. The van der Waals surface area contributed by atoms with Crippen LogP contribution in [-0.2, 0) is 20.7 Å². The van der Waals surface area contributed by atoms with Gasteiger partial charge in [-0.25, -0.2) is 4.79 Å². The second-order valence-corrected chi connectivity index (χ2v) is 8.90. The number of hydrogen-bond acceptors (Lipinski definition) is 6. The minimum atomic E-state index is -0.613. The van der Waals surface area contributed by atoms with E-state index in [0.29, 0.717) is 5.69 Å². The molecule has 1 aromatic rings.